The molecule has 0 aromatic rings. The van der Waals surface area contributed by atoms with Crippen LogP contribution in [0.25, 0.3) is 0 Å². The van der Waals surface area contributed by atoms with Gasteiger partial charge in [0, 0.05) is 12.7 Å². The van der Waals surface area contributed by atoms with E-state index in [0.717, 1.165) is 25.5 Å². The van der Waals surface area contributed by atoms with Gasteiger partial charge in [0.25, 0.3) is 0 Å². The SMILES string of the molecule is CCCCCCCCC(=O)CS(C)(=O)=O. The molecule has 0 aliphatic heterocycles. The van der Waals surface area contributed by atoms with Gasteiger partial charge in [-0.2, -0.15) is 0 Å². The molecule has 0 fully saturated rings. The summed E-state index contributed by atoms with van der Waals surface area (Å²) in [5.74, 6) is -0.435. The Labute approximate surface area is 93.2 Å². The Morgan fingerprint density at radius 1 is 1.00 bits per heavy atom. The van der Waals surface area contributed by atoms with Crippen LogP contribution in [-0.2, 0) is 14.6 Å². The van der Waals surface area contributed by atoms with Crippen LogP contribution >= 0.6 is 0 Å². The molecule has 0 bridgehead atoms. The lowest BCUT2D eigenvalue weighted by molar-refractivity contribution is -0.116. The largest absolute Gasteiger partial charge is 0.299 e. The van der Waals surface area contributed by atoms with Crippen molar-refractivity contribution in [2.45, 2.75) is 51.9 Å². The van der Waals surface area contributed by atoms with Crippen molar-refractivity contribution in [1.82, 2.24) is 0 Å². The maximum atomic E-state index is 11.2. The number of Topliss-reactive ketones (excluding diaryl/α,β-unsaturated/α-hetero) is 1. The first-order valence-corrected chi connectivity index (χ1v) is 7.71. The number of hydrogen-bond donors (Lipinski definition) is 0. The number of unbranched alkanes of at least 4 members (excludes halogenated alkanes) is 5. The smallest absolute Gasteiger partial charge is 0.154 e. The quantitative estimate of drug-likeness (QED) is 0.575. The molecule has 0 heterocycles. The van der Waals surface area contributed by atoms with E-state index in [4.69, 9.17) is 0 Å². The molecule has 4 heteroatoms. The molecule has 0 atom stereocenters. The summed E-state index contributed by atoms with van der Waals surface area (Å²) in [4.78, 5) is 11.2. The van der Waals surface area contributed by atoms with Gasteiger partial charge in [0.05, 0.1) is 0 Å². The van der Waals surface area contributed by atoms with E-state index in [-0.39, 0.29) is 11.5 Å². The van der Waals surface area contributed by atoms with E-state index in [1.807, 2.05) is 0 Å². The molecule has 0 aliphatic rings. The summed E-state index contributed by atoms with van der Waals surface area (Å²) < 4.78 is 21.6. The highest BCUT2D eigenvalue weighted by molar-refractivity contribution is 7.91. The Hall–Kier alpha value is -0.380. The number of ketones is 1. The first-order chi connectivity index (χ1) is 6.95. The highest BCUT2D eigenvalue weighted by Gasteiger charge is 2.09. The molecule has 90 valence electrons. The van der Waals surface area contributed by atoms with Crippen LogP contribution in [0, 0.1) is 0 Å². The van der Waals surface area contributed by atoms with E-state index in [9.17, 15) is 13.2 Å². The fourth-order valence-corrected chi connectivity index (χ4v) is 2.20. The lowest BCUT2D eigenvalue weighted by Crippen LogP contribution is -2.13. The number of sulfone groups is 1. The van der Waals surface area contributed by atoms with E-state index in [1.54, 1.807) is 0 Å². The fraction of sp³-hybridized carbons (Fsp3) is 0.909. The van der Waals surface area contributed by atoms with Crippen LogP contribution in [0.3, 0.4) is 0 Å². The third-order valence-electron chi connectivity index (χ3n) is 2.23. The van der Waals surface area contributed by atoms with Gasteiger partial charge in [-0.15, -0.1) is 0 Å². The van der Waals surface area contributed by atoms with Gasteiger partial charge in [0.1, 0.15) is 11.5 Å². The topological polar surface area (TPSA) is 51.2 Å². The Balaban J connectivity index is 3.40. The molecule has 0 radical (unpaired) electrons. The molecule has 0 saturated heterocycles. The normalized spacial score (nSPS) is 11.6. The second-order valence-electron chi connectivity index (χ2n) is 4.13. The number of hydrogen-bond acceptors (Lipinski definition) is 3. The summed E-state index contributed by atoms with van der Waals surface area (Å²) in [6.45, 7) is 2.16. The predicted molar refractivity (Wildman–Crippen MR) is 62.7 cm³/mol. The molecule has 0 amide bonds. The minimum absolute atomic E-state index is 0.145. The van der Waals surface area contributed by atoms with E-state index < -0.39 is 9.84 Å². The summed E-state index contributed by atoms with van der Waals surface area (Å²) in [5.41, 5.74) is 0. The van der Waals surface area contributed by atoms with Crippen molar-refractivity contribution in [2.75, 3.05) is 12.0 Å². The monoisotopic (exact) mass is 234 g/mol. The first-order valence-electron chi connectivity index (χ1n) is 5.65. The van der Waals surface area contributed by atoms with Gasteiger partial charge in [-0.3, -0.25) is 4.79 Å². The van der Waals surface area contributed by atoms with Crippen LogP contribution in [0.4, 0.5) is 0 Å². The van der Waals surface area contributed by atoms with Crippen LogP contribution in [0.5, 0.6) is 0 Å². The highest BCUT2D eigenvalue weighted by Crippen LogP contribution is 2.07. The van der Waals surface area contributed by atoms with Crippen molar-refractivity contribution in [3.63, 3.8) is 0 Å². The van der Waals surface area contributed by atoms with E-state index in [1.165, 1.54) is 19.3 Å². The van der Waals surface area contributed by atoms with E-state index in [0.29, 0.717) is 6.42 Å². The van der Waals surface area contributed by atoms with Crippen LogP contribution in [0.15, 0.2) is 0 Å². The molecular weight excluding hydrogens is 212 g/mol. The third kappa shape index (κ3) is 11.5. The standard InChI is InChI=1S/C11H22O3S/c1-3-4-5-6-7-8-9-11(12)10-15(2,13)14/h3-10H2,1-2H3. The lowest BCUT2D eigenvalue weighted by atomic mass is 10.1. The van der Waals surface area contributed by atoms with Gasteiger partial charge in [-0.05, 0) is 6.42 Å². The van der Waals surface area contributed by atoms with Crippen LogP contribution in [-0.4, -0.2) is 26.2 Å². The molecule has 0 aliphatic carbocycles. The fourth-order valence-electron chi connectivity index (χ4n) is 1.47. The van der Waals surface area contributed by atoms with Gasteiger partial charge >= 0.3 is 0 Å². The van der Waals surface area contributed by atoms with Gasteiger partial charge in [0.2, 0.25) is 0 Å². The van der Waals surface area contributed by atoms with Gasteiger partial charge in [-0.1, -0.05) is 39.0 Å². The number of carbonyl (C=O) groups is 1. The zero-order valence-electron chi connectivity index (χ0n) is 9.79. The Kier molecular flexibility index (Phi) is 7.65. The highest BCUT2D eigenvalue weighted by atomic mass is 32.2. The molecule has 0 N–H and O–H groups in total. The van der Waals surface area contributed by atoms with Gasteiger partial charge in [-0.25, -0.2) is 8.42 Å². The summed E-state index contributed by atoms with van der Waals surface area (Å²) in [7, 11) is -3.12. The molecule has 0 aromatic carbocycles. The Morgan fingerprint density at radius 2 is 1.53 bits per heavy atom. The van der Waals surface area contributed by atoms with Crippen LogP contribution in [0.2, 0.25) is 0 Å². The van der Waals surface area contributed by atoms with Crippen LogP contribution in [0.1, 0.15) is 51.9 Å². The maximum Gasteiger partial charge on any atom is 0.154 e. The van der Waals surface area contributed by atoms with Gasteiger partial charge in [0.15, 0.2) is 9.84 Å². The average molecular weight is 234 g/mol. The Morgan fingerprint density at radius 3 is 2.07 bits per heavy atom. The molecule has 0 rings (SSSR count). The summed E-state index contributed by atoms with van der Waals surface area (Å²) >= 11 is 0. The summed E-state index contributed by atoms with van der Waals surface area (Å²) in [5, 5.41) is 0. The molecular formula is C11H22O3S. The molecule has 0 spiro atoms. The summed E-state index contributed by atoms with van der Waals surface area (Å²) in [6.07, 6.45) is 8.22. The average Bonchev–Trinajstić information content (AvgIpc) is 2.08. The molecule has 0 aromatic heterocycles. The van der Waals surface area contributed by atoms with Gasteiger partial charge < -0.3 is 0 Å². The molecule has 3 nitrogen and oxygen atoms in total. The van der Waals surface area contributed by atoms with Crippen molar-refractivity contribution < 1.29 is 13.2 Å². The second kappa shape index (κ2) is 7.85. The van der Waals surface area contributed by atoms with Crippen molar-refractivity contribution in [3.05, 3.63) is 0 Å². The zero-order chi connectivity index (χ0) is 11.7. The minimum atomic E-state index is -3.12. The van der Waals surface area contributed by atoms with E-state index in [2.05, 4.69) is 6.92 Å². The molecule has 0 saturated carbocycles. The lowest BCUT2D eigenvalue weighted by Gasteiger charge is -2.00. The Bertz CT molecular complexity index is 268. The molecule has 15 heavy (non-hydrogen) atoms. The third-order valence-corrected chi connectivity index (χ3v) is 3.08. The van der Waals surface area contributed by atoms with Crippen LogP contribution < -0.4 is 0 Å². The zero-order valence-corrected chi connectivity index (χ0v) is 10.6. The predicted octanol–water partition coefficient (Wildman–Crippen LogP) is 2.35. The van der Waals surface area contributed by atoms with Crippen molar-refractivity contribution >= 4 is 15.6 Å². The number of carbonyl (C=O) groups excluding carboxylic acids is 1. The van der Waals surface area contributed by atoms with Crippen molar-refractivity contribution in [3.8, 4) is 0 Å². The first kappa shape index (κ1) is 14.6. The molecule has 0 unspecified atom stereocenters. The second-order valence-corrected chi connectivity index (χ2v) is 6.27. The number of rotatable bonds is 9. The van der Waals surface area contributed by atoms with E-state index >= 15 is 0 Å². The van der Waals surface area contributed by atoms with Crippen molar-refractivity contribution in [1.29, 1.82) is 0 Å². The minimum Gasteiger partial charge on any atom is -0.299 e. The van der Waals surface area contributed by atoms with Crippen molar-refractivity contribution in [2.24, 2.45) is 0 Å². The maximum absolute atomic E-state index is 11.2. The summed E-state index contributed by atoms with van der Waals surface area (Å²) in [6, 6.07) is 0.